The van der Waals surface area contributed by atoms with Gasteiger partial charge < -0.3 is 15.0 Å². The topological polar surface area (TPSA) is 71.5 Å². The van der Waals surface area contributed by atoms with Crippen LogP contribution in [-0.4, -0.2) is 34.5 Å². The molecule has 1 aromatic carbocycles. The van der Waals surface area contributed by atoms with Gasteiger partial charge in [0.15, 0.2) is 5.69 Å². The summed E-state index contributed by atoms with van der Waals surface area (Å²) in [6, 6.07) is 7.54. The lowest BCUT2D eigenvalue weighted by Gasteiger charge is -2.22. The van der Waals surface area contributed by atoms with Crippen molar-refractivity contribution in [3.05, 3.63) is 44.8 Å². The fraction of sp³-hybridized carbons (Fsp3) is 0.353. The quantitative estimate of drug-likeness (QED) is 0.703. The third kappa shape index (κ3) is 4.58. The van der Waals surface area contributed by atoms with Crippen LogP contribution in [0.15, 0.2) is 34.1 Å². The first kappa shape index (κ1) is 17.9. The van der Waals surface area contributed by atoms with Crippen molar-refractivity contribution in [3.63, 3.8) is 0 Å². The van der Waals surface area contributed by atoms with Crippen molar-refractivity contribution in [1.82, 2.24) is 9.88 Å². The minimum absolute atomic E-state index is 0.165. The highest BCUT2D eigenvalue weighted by Gasteiger charge is 2.33. The van der Waals surface area contributed by atoms with Crippen molar-refractivity contribution in [2.45, 2.75) is 32.4 Å². The second-order valence-corrected chi connectivity index (χ2v) is 7.41. The molecule has 1 heterocycles. The summed E-state index contributed by atoms with van der Waals surface area (Å²) in [5, 5.41) is 5.32. The standard InChI is InChI=1S/C17H18BrN3O3S/c1-2-24-16(22)14-10-25-15(19-14)9-21(11-7-8-11)17(23)20-13-6-4-3-5-12(13)18/h3-6,10-11H,2,7-9H2,1H3,(H,20,23). The number of rotatable bonds is 6. The van der Waals surface area contributed by atoms with Crippen molar-refractivity contribution < 1.29 is 14.3 Å². The lowest BCUT2D eigenvalue weighted by Crippen LogP contribution is -2.36. The number of carbonyl (C=O) groups excluding carboxylic acids is 2. The number of amides is 2. The zero-order chi connectivity index (χ0) is 17.8. The van der Waals surface area contributed by atoms with Crippen molar-refractivity contribution in [2.75, 3.05) is 11.9 Å². The number of nitrogens with one attached hydrogen (secondary N) is 1. The highest BCUT2D eigenvalue weighted by Crippen LogP contribution is 2.30. The lowest BCUT2D eigenvalue weighted by atomic mass is 10.3. The molecule has 25 heavy (non-hydrogen) atoms. The molecule has 2 amide bonds. The van der Waals surface area contributed by atoms with Gasteiger partial charge in [-0.3, -0.25) is 0 Å². The van der Waals surface area contributed by atoms with Crippen LogP contribution in [0.5, 0.6) is 0 Å². The Labute approximate surface area is 158 Å². The molecule has 1 fully saturated rings. The van der Waals surface area contributed by atoms with Gasteiger partial charge in [0.1, 0.15) is 5.01 Å². The van der Waals surface area contributed by atoms with Gasteiger partial charge in [-0.05, 0) is 47.8 Å². The van der Waals surface area contributed by atoms with Gasteiger partial charge in [-0.1, -0.05) is 12.1 Å². The van der Waals surface area contributed by atoms with Crippen LogP contribution in [0.3, 0.4) is 0 Å². The number of anilines is 1. The third-order valence-corrected chi connectivity index (χ3v) is 5.23. The number of carbonyl (C=O) groups is 2. The third-order valence-electron chi connectivity index (χ3n) is 3.71. The Bertz CT molecular complexity index is 776. The Morgan fingerprint density at radius 2 is 2.16 bits per heavy atom. The highest BCUT2D eigenvalue weighted by atomic mass is 79.9. The summed E-state index contributed by atoms with van der Waals surface area (Å²) in [5.41, 5.74) is 1.02. The van der Waals surface area contributed by atoms with Crippen molar-refractivity contribution in [3.8, 4) is 0 Å². The normalized spacial score (nSPS) is 13.4. The Hall–Kier alpha value is -1.93. The number of benzene rings is 1. The van der Waals surface area contributed by atoms with Crippen LogP contribution in [-0.2, 0) is 11.3 Å². The van der Waals surface area contributed by atoms with Gasteiger partial charge in [-0.2, -0.15) is 0 Å². The average Bonchev–Trinajstić information content (AvgIpc) is 3.32. The molecule has 1 aliphatic carbocycles. The molecule has 0 saturated heterocycles. The van der Waals surface area contributed by atoms with Gasteiger partial charge in [-0.25, -0.2) is 14.6 Å². The maximum absolute atomic E-state index is 12.7. The van der Waals surface area contributed by atoms with Gasteiger partial charge in [0.25, 0.3) is 0 Å². The molecule has 132 valence electrons. The first-order chi connectivity index (χ1) is 12.1. The molecule has 6 nitrogen and oxygen atoms in total. The second kappa shape index (κ2) is 7.97. The first-order valence-corrected chi connectivity index (χ1v) is 9.69. The molecule has 1 saturated carbocycles. The maximum Gasteiger partial charge on any atom is 0.357 e. The Kier molecular flexibility index (Phi) is 5.70. The van der Waals surface area contributed by atoms with Crippen LogP contribution in [0.25, 0.3) is 0 Å². The van der Waals surface area contributed by atoms with Gasteiger partial charge in [0, 0.05) is 15.9 Å². The van der Waals surface area contributed by atoms with Gasteiger partial charge in [0.2, 0.25) is 0 Å². The number of nitrogens with zero attached hydrogens (tertiary/aromatic N) is 2. The van der Waals surface area contributed by atoms with E-state index in [0.717, 1.165) is 28.0 Å². The number of aromatic nitrogens is 1. The zero-order valence-corrected chi connectivity index (χ0v) is 16.1. The number of urea groups is 1. The van der Waals surface area contributed by atoms with E-state index < -0.39 is 5.97 Å². The maximum atomic E-state index is 12.7. The van der Waals surface area contributed by atoms with Crippen LogP contribution in [0.2, 0.25) is 0 Å². The predicted octanol–water partition coefficient (Wildman–Crippen LogP) is 4.28. The van der Waals surface area contributed by atoms with Crippen molar-refractivity contribution in [2.24, 2.45) is 0 Å². The summed E-state index contributed by atoms with van der Waals surface area (Å²) in [6.07, 6.45) is 1.97. The summed E-state index contributed by atoms with van der Waals surface area (Å²) in [7, 11) is 0. The number of hydrogen-bond donors (Lipinski definition) is 1. The Balaban J connectivity index is 1.68. The minimum Gasteiger partial charge on any atom is -0.461 e. The Morgan fingerprint density at radius 1 is 1.40 bits per heavy atom. The zero-order valence-electron chi connectivity index (χ0n) is 13.7. The molecular weight excluding hydrogens is 406 g/mol. The number of ether oxygens (including phenoxy) is 1. The Morgan fingerprint density at radius 3 is 2.84 bits per heavy atom. The van der Waals surface area contributed by atoms with Crippen LogP contribution < -0.4 is 5.32 Å². The molecule has 1 N–H and O–H groups in total. The molecule has 1 aliphatic rings. The van der Waals surface area contributed by atoms with Gasteiger partial charge in [0.05, 0.1) is 18.8 Å². The van der Waals surface area contributed by atoms with Crippen LogP contribution in [0.1, 0.15) is 35.3 Å². The number of hydrogen-bond acceptors (Lipinski definition) is 5. The number of esters is 1. The summed E-state index contributed by atoms with van der Waals surface area (Å²) in [6.45, 7) is 2.45. The molecule has 0 aliphatic heterocycles. The highest BCUT2D eigenvalue weighted by molar-refractivity contribution is 9.10. The van der Waals surface area contributed by atoms with E-state index in [4.69, 9.17) is 4.74 Å². The number of thiazole rings is 1. The smallest absolute Gasteiger partial charge is 0.357 e. The molecule has 0 bridgehead atoms. The van der Waals surface area contributed by atoms with E-state index in [2.05, 4.69) is 26.2 Å². The molecule has 2 aromatic rings. The molecule has 1 aromatic heterocycles. The van der Waals surface area contributed by atoms with E-state index in [-0.39, 0.29) is 12.1 Å². The average molecular weight is 424 g/mol. The van der Waals surface area contributed by atoms with Crippen LogP contribution >= 0.6 is 27.3 Å². The molecule has 3 rings (SSSR count). The molecule has 0 atom stereocenters. The SMILES string of the molecule is CCOC(=O)c1csc(CN(C(=O)Nc2ccccc2Br)C2CC2)n1. The number of para-hydroxylation sites is 1. The monoisotopic (exact) mass is 423 g/mol. The summed E-state index contributed by atoms with van der Waals surface area (Å²) in [4.78, 5) is 30.5. The van der Waals surface area contributed by atoms with E-state index in [9.17, 15) is 9.59 Å². The summed E-state index contributed by atoms with van der Waals surface area (Å²) in [5.74, 6) is -0.430. The van der Waals surface area contributed by atoms with Crippen molar-refractivity contribution >= 4 is 45.0 Å². The van der Waals surface area contributed by atoms with E-state index in [1.807, 2.05) is 24.3 Å². The molecular formula is C17H18BrN3O3S. The van der Waals surface area contributed by atoms with E-state index in [1.165, 1.54) is 11.3 Å². The fourth-order valence-electron chi connectivity index (χ4n) is 2.33. The van der Waals surface area contributed by atoms with E-state index in [1.54, 1.807) is 17.2 Å². The van der Waals surface area contributed by atoms with Gasteiger partial charge >= 0.3 is 12.0 Å². The molecule has 0 spiro atoms. The first-order valence-electron chi connectivity index (χ1n) is 8.02. The molecule has 0 radical (unpaired) electrons. The van der Waals surface area contributed by atoms with Crippen LogP contribution in [0, 0.1) is 0 Å². The largest absolute Gasteiger partial charge is 0.461 e. The van der Waals surface area contributed by atoms with Crippen molar-refractivity contribution in [1.29, 1.82) is 0 Å². The number of halogens is 1. The summed E-state index contributed by atoms with van der Waals surface area (Å²) >= 11 is 4.79. The fourth-order valence-corrected chi connectivity index (χ4v) is 3.48. The van der Waals surface area contributed by atoms with E-state index >= 15 is 0 Å². The lowest BCUT2D eigenvalue weighted by molar-refractivity contribution is 0.0520. The van der Waals surface area contributed by atoms with E-state index in [0.29, 0.717) is 18.8 Å². The summed E-state index contributed by atoms with van der Waals surface area (Å²) < 4.78 is 5.78. The predicted molar refractivity (Wildman–Crippen MR) is 99.8 cm³/mol. The molecule has 8 heteroatoms. The second-order valence-electron chi connectivity index (χ2n) is 5.62. The minimum atomic E-state index is -0.430. The molecule has 0 unspecified atom stereocenters. The van der Waals surface area contributed by atoms with Gasteiger partial charge in [-0.15, -0.1) is 11.3 Å². The van der Waals surface area contributed by atoms with Crippen LogP contribution in [0.4, 0.5) is 10.5 Å².